The van der Waals surface area contributed by atoms with E-state index in [1.807, 2.05) is 26.0 Å². The fraction of sp³-hybridized carbons (Fsp3) is 0.167. The van der Waals surface area contributed by atoms with Crippen LogP contribution in [0.3, 0.4) is 0 Å². The van der Waals surface area contributed by atoms with Crippen molar-refractivity contribution >= 4 is 17.4 Å². The van der Waals surface area contributed by atoms with E-state index in [0.29, 0.717) is 16.5 Å². The van der Waals surface area contributed by atoms with Crippen LogP contribution in [-0.2, 0) is 0 Å². The van der Waals surface area contributed by atoms with Crippen LogP contribution in [0.2, 0.25) is 0 Å². The van der Waals surface area contributed by atoms with Crippen LogP contribution in [0.4, 0.5) is 5.69 Å². The molecule has 0 bridgehead atoms. The zero-order valence-electron chi connectivity index (χ0n) is 9.52. The maximum absolute atomic E-state index is 8.88. The highest BCUT2D eigenvalue weighted by atomic mass is 32.2. The van der Waals surface area contributed by atoms with Gasteiger partial charge in [0.15, 0.2) is 0 Å². The molecular weight excluding hydrogens is 234 g/mol. The van der Waals surface area contributed by atoms with Crippen molar-refractivity contribution in [3.8, 4) is 6.07 Å². The Morgan fingerprint density at radius 3 is 2.76 bits per heavy atom. The van der Waals surface area contributed by atoms with Gasteiger partial charge in [-0.15, -0.1) is 0 Å². The van der Waals surface area contributed by atoms with Crippen molar-refractivity contribution in [3.63, 3.8) is 0 Å². The normalized spacial score (nSPS) is 10.2. The molecule has 0 saturated carbocycles. The summed E-state index contributed by atoms with van der Waals surface area (Å²) in [6.45, 7) is 3.77. The van der Waals surface area contributed by atoms with Crippen LogP contribution in [0.1, 0.15) is 17.0 Å². The quantitative estimate of drug-likeness (QED) is 0.823. The number of benzene rings is 1. The lowest BCUT2D eigenvalue weighted by Crippen LogP contribution is -1.89. The van der Waals surface area contributed by atoms with E-state index in [2.05, 4.69) is 4.98 Å². The number of nitrogens with two attached hydrogens (primary N) is 1. The fourth-order valence-corrected chi connectivity index (χ4v) is 2.15. The third-order valence-corrected chi connectivity index (χ3v) is 3.20. The van der Waals surface area contributed by atoms with Gasteiger partial charge in [-0.05, 0) is 43.8 Å². The molecule has 0 aliphatic heterocycles. The SMILES string of the molecule is Cc1nc(Sc2ccc(N)c(C#N)c2)oc1C. The molecule has 0 unspecified atom stereocenters. The minimum atomic E-state index is 0.468. The first-order chi connectivity index (χ1) is 8.10. The van der Waals surface area contributed by atoms with Crippen LogP contribution in [-0.4, -0.2) is 4.98 Å². The van der Waals surface area contributed by atoms with E-state index in [0.717, 1.165) is 16.3 Å². The van der Waals surface area contributed by atoms with Gasteiger partial charge in [-0.1, -0.05) is 0 Å². The number of hydrogen-bond acceptors (Lipinski definition) is 5. The molecule has 0 atom stereocenters. The fourth-order valence-electron chi connectivity index (χ4n) is 1.28. The molecule has 0 aliphatic carbocycles. The van der Waals surface area contributed by atoms with Crippen molar-refractivity contribution < 1.29 is 4.42 Å². The Hall–Kier alpha value is -1.93. The number of rotatable bonds is 2. The zero-order chi connectivity index (χ0) is 12.4. The Kier molecular flexibility index (Phi) is 3.07. The maximum atomic E-state index is 8.88. The second-order valence-corrected chi connectivity index (χ2v) is 4.61. The van der Waals surface area contributed by atoms with Crippen LogP contribution in [0.15, 0.2) is 32.7 Å². The zero-order valence-corrected chi connectivity index (χ0v) is 10.3. The monoisotopic (exact) mass is 245 g/mol. The first kappa shape index (κ1) is 11.6. The molecule has 0 aliphatic rings. The molecule has 1 aromatic heterocycles. The van der Waals surface area contributed by atoms with Gasteiger partial charge in [0.2, 0.25) is 0 Å². The summed E-state index contributed by atoms with van der Waals surface area (Å²) in [7, 11) is 0. The number of nitrogens with zero attached hydrogens (tertiary/aromatic N) is 2. The highest BCUT2D eigenvalue weighted by Gasteiger charge is 2.08. The molecule has 5 heteroatoms. The van der Waals surface area contributed by atoms with Crippen molar-refractivity contribution in [1.82, 2.24) is 4.98 Å². The van der Waals surface area contributed by atoms with E-state index >= 15 is 0 Å². The van der Waals surface area contributed by atoms with E-state index in [1.54, 1.807) is 12.1 Å². The number of anilines is 1. The smallest absolute Gasteiger partial charge is 0.260 e. The van der Waals surface area contributed by atoms with Gasteiger partial charge in [0.1, 0.15) is 11.8 Å². The number of nitrogen functional groups attached to an aromatic ring is 1. The molecule has 2 N–H and O–H groups in total. The number of oxazole rings is 1. The second-order valence-electron chi connectivity index (χ2n) is 3.58. The van der Waals surface area contributed by atoms with E-state index < -0.39 is 0 Å². The highest BCUT2D eigenvalue weighted by Crippen LogP contribution is 2.30. The van der Waals surface area contributed by atoms with Crippen molar-refractivity contribution in [2.24, 2.45) is 0 Å². The number of nitriles is 1. The van der Waals surface area contributed by atoms with Crippen LogP contribution >= 0.6 is 11.8 Å². The van der Waals surface area contributed by atoms with E-state index in [4.69, 9.17) is 15.4 Å². The largest absolute Gasteiger partial charge is 0.436 e. The lowest BCUT2D eigenvalue weighted by molar-refractivity contribution is 0.431. The molecule has 4 nitrogen and oxygen atoms in total. The van der Waals surface area contributed by atoms with Crippen LogP contribution in [0.5, 0.6) is 0 Å². The van der Waals surface area contributed by atoms with Gasteiger partial charge >= 0.3 is 0 Å². The molecule has 0 amide bonds. The van der Waals surface area contributed by atoms with E-state index in [1.165, 1.54) is 11.8 Å². The van der Waals surface area contributed by atoms with Crippen molar-refractivity contribution in [1.29, 1.82) is 5.26 Å². The van der Waals surface area contributed by atoms with E-state index in [9.17, 15) is 0 Å². The summed E-state index contributed by atoms with van der Waals surface area (Å²) in [4.78, 5) is 5.15. The summed E-state index contributed by atoms with van der Waals surface area (Å²) in [6, 6.07) is 7.33. The molecule has 0 fully saturated rings. The summed E-state index contributed by atoms with van der Waals surface area (Å²) >= 11 is 1.38. The third-order valence-electron chi connectivity index (χ3n) is 2.36. The molecule has 0 saturated heterocycles. The Bertz CT molecular complexity index is 579. The Morgan fingerprint density at radius 1 is 1.41 bits per heavy atom. The lowest BCUT2D eigenvalue weighted by Gasteiger charge is -2.00. The summed E-state index contributed by atoms with van der Waals surface area (Å²) in [6.07, 6.45) is 0. The summed E-state index contributed by atoms with van der Waals surface area (Å²) in [5.41, 5.74) is 7.48. The molecule has 1 aromatic carbocycles. The van der Waals surface area contributed by atoms with Crippen molar-refractivity contribution in [3.05, 3.63) is 35.2 Å². The van der Waals surface area contributed by atoms with Crippen molar-refractivity contribution in [2.75, 3.05) is 5.73 Å². The minimum absolute atomic E-state index is 0.468. The average molecular weight is 245 g/mol. The first-order valence-electron chi connectivity index (χ1n) is 5.01. The molecule has 0 radical (unpaired) electrons. The minimum Gasteiger partial charge on any atom is -0.436 e. The van der Waals surface area contributed by atoms with Gasteiger partial charge in [0, 0.05) is 10.6 Å². The Morgan fingerprint density at radius 2 is 2.18 bits per heavy atom. The number of aryl methyl sites for hydroxylation is 2. The third kappa shape index (κ3) is 2.43. The predicted molar refractivity (Wildman–Crippen MR) is 65.7 cm³/mol. The van der Waals surface area contributed by atoms with Gasteiger partial charge in [0.05, 0.1) is 11.3 Å². The summed E-state index contributed by atoms with van der Waals surface area (Å²) < 4.78 is 5.46. The van der Waals surface area contributed by atoms with Gasteiger partial charge in [0.25, 0.3) is 5.22 Å². The lowest BCUT2D eigenvalue weighted by atomic mass is 10.2. The summed E-state index contributed by atoms with van der Waals surface area (Å²) in [5.74, 6) is 0.809. The molecular formula is C12H11N3OS. The molecule has 0 spiro atoms. The van der Waals surface area contributed by atoms with Gasteiger partial charge in [-0.25, -0.2) is 4.98 Å². The molecule has 17 heavy (non-hydrogen) atoms. The predicted octanol–water partition coefficient (Wildman–Crippen LogP) is 2.90. The van der Waals surface area contributed by atoms with Gasteiger partial charge in [-0.3, -0.25) is 0 Å². The van der Waals surface area contributed by atoms with Gasteiger partial charge < -0.3 is 10.2 Å². The molecule has 86 valence electrons. The Balaban J connectivity index is 2.28. The molecule has 2 aromatic rings. The molecule has 2 rings (SSSR count). The topological polar surface area (TPSA) is 75.8 Å². The number of aromatic nitrogens is 1. The Labute approximate surface area is 103 Å². The van der Waals surface area contributed by atoms with Gasteiger partial charge in [-0.2, -0.15) is 5.26 Å². The summed E-state index contributed by atoms with van der Waals surface area (Å²) in [5, 5.41) is 9.46. The van der Waals surface area contributed by atoms with Crippen molar-refractivity contribution in [2.45, 2.75) is 24.0 Å². The number of hydrogen-bond donors (Lipinski definition) is 1. The van der Waals surface area contributed by atoms with Crippen LogP contribution in [0.25, 0.3) is 0 Å². The van der Waals surface area contributed by atoms with Crippen LogP contribution < -0.4 is 5.73 Å². The second kappa shape index (κ2) is 4.52. The molecule has 1 heterocycles. The highest BCUT2D eigenvalue weighted by molar-refractivity contribution is 7.99. The maximum Gasteiger partial charge on any atom is 0.260 e. The first-order valence-corrected chi connectivity index (χ1v) is 5.83. The van der Waals surface area contributed by atoms with Crippen LogP contribution in [0, 0.1) is 25.2 Å². The average Bonchev–Trinajstić information content (AvgIpc) is 2.61. The standard InChI is InChI=1S/C12H11N3OS/c1-7-8(2)16-12(15-7)17-10-3-4-11(14)9(5-10)6-13/h3-5H,14H2,1-2H3. The van der Waals surface area contributed by atoms with E-state index in [-0.39, 0.29) is 0 Å².